The predicted octanol–water partition coefficient (Wildman–Crippen LogP) is 2.99. The van der Waals surface area contributed by atoms with Crippen LogP contribution in [0.4, 0.5) is 11.4 Å². The lowest BCUT2D eigenvalue weighted by Gasteiger charge is -2.17. The fourth-order valence-electron chi connectivity index (χ4n) is 3.10. The number of carbonyl (C=O) groups is 2. The van der Waals surface area contributed by atoms with Crippen LogP contribution < -0.4 is 10.2 Å². The zero-order chi connectivity index (χ0) is 19.1. The molecule has 1 heterocycles. The van der Waals surface area contributed by atoms with Gasteiger partial charge in [0, 0.05) is 30.0 Å². The van der Waals surface area contributed by atoms with Crippen molar-refractivity contribution in [2.75, 3.05) is 29.9 Å². The van der Waals surface area contributed by atoms with Crippen LogP contribution in [0.2, 0.25) is 0 Å². The number of carbonyl (C=O) groups excluding carboxylic acids is 2. The van der Waals surface area contributed by atoms with E-state index < -0.39 is 5.97 Å². The molecule has 0 atom stereocenters. The van der Waals surface area contributed by atoms with Gasteiger partial charge in [-0.3, -0.25) is 9.59 Å². The third-order valence-electron chi connectivity index (χ3n) is 4.49. The molecule has 1 saturated heterocycles. The molecule has 1 fully saturated rings. The number of amides is 1. The van der Waals surface area contributed by atoms with E-state index in [0.29, 0.717) is 16.8 Å². The van der Waals surface area contributed by atoms with Gasteiger partial charge in [-0.15, -0.1) is 6.42 Å². The predicted molar refractivity (Wildman–Crippen MR) is 106 cm³/mol. The van der Waals surface area contributed by atoms with Gasteiger partial charge in [-0.2, -0.15) is 0 Å². The molecule has 0 aliphatic carbocycles. The second-order valence-electron chi connectivity index (χ2n) is 6.43. The van der Waals surface area contributed by atoms with Crippen molar-refractivity contribution in [3.05, 3.63) is 59.7 Å². The van der Waals surface area contributed by atoms with Crippen LogP contribution in [-0.2, 0) is 20.7 Å². The minimum atomic E-state index is -0.489. The Bertz CT molecular complexity index is 847. The molecule has 1 N–H and O–H groups in total. The summed E-state index contributed by atoms with van der Waals surface area (Å²) in [5, 5.41) is 2.73. The summed E-state index contributed by atoms with van der Waals surface area (Å²) in [6.45, 7) is 1.82. The van der Waals surface area contributed by atoms with Gasteiger partial charge in [0.1, 0.15) is 0 Å². The second-order valence-corrected chi connectivity index (χ2v) is 6.43. The molecule has 138 valence electrons. The van der Waals surface area contributed by atoms with Gasteiger partial charge >= 0.3 is 5.97 Å². The van der Waals surface area contributed by atoms with Gasteiger partial charge in [-0.05, 0) is 48.7 Å². The maximum atomic E-state index is 12.0. The standard InChI is InChI=1S/C22H22N2O3/c1-2-17-7-3-4-8-18(17)15-22(26)27-16-21(25)23-19-9-11-20(12-10-19)24-13-5-6-14-24/h1,3-4,7-12H,5-6,13-16H2,(H,23,25). The van der Waals surface area contributed by atoms with Crippen LogP contribution in [0.5, 0.6) is 0 Å². The second kappa shape index (κ2) is 8.91. The van der Waals surface area contributed by atoms with Gasteiger partial charge in [0.2, 0.25) is 0 Å². The monoisotopic (exact) mass is 362 g/mol. The van der Waals surface area contributed by atoms with Crippen molar-refractivity contribution in [3.63, 3.8) is 0 Å². The number of hydrogen-bond acceptors (Lipinski definition) is 4. The maximum absolute atomic E-state index is 12.0. The Kier molecular flexibility index (Phi) is 6.11. The lowest BCUT2D eigenvalue weighted by Crippen LogP contribution is -2.22. The Balaban J connectivity index is 1.46. The first-order chi connectivity index (χ1) is 13.2. The van der Waals surface area contributed by atoms with E-state index in [1.54, 1.807) is 12.1 Å². The SMILES string of the molecule is C#Cc1ccccc1CC(=O)OCC(=O)Nc1ccc(N2CCCC2)cc1. The molecule has 2 aromatic carbocycles. The number of ether oxygens (including phenoxy) is 1. The maximum Gasteiger partial charge on any atom is 0.310 e. The number of nitrogens with one attached hydrogen (secondary N) is 1. The van der Waals surface area contributed by atoms with Crippen LogP contribution in [0.1, 0.15) is 24.0 Å². The van der Waals surface area contributed by atoms with Gasteiger partial charge in [0.05, 0.1) is 6.42 Å². The number of hydrogen-bond donors (Lipinski definition) is 1. The molecule has 0 aromatic heterocycles. The lowest BCUT2D eigenvalue weighted by molar-refractivity contribution is -0.146. The highest BCUT2D eigenvalue weighted by Gasteiger charge is 2.13. The summed E-state index contributed by atoms with van der Waals surface area (Å²) >= 11 is 0. The van der Waals surface area contributed by atoms with Crippen LogP contribution in [0.25, 0.3) is 0 Å². The molecular formula is C22H22N2O3. The third kappa shape index (κ3) is 5.11. The number of benzene rings is 2. The highest BCUT2D eigenvalue weighted by Crippen LogP contribution is 2.22. The highest BCUT2D eigenvalue weighted by atomic mass is 16.5. The van der Waals surface area contributed by atoms with Crippen LogP contribution in [0.3, 0.4) is 0 Å². The van der Waals surface area contributed by atoms with Crippen LogP contribution in [0.15, 0.2) is 48.5 Å². The van der Waals surface area contributed by atoms with Crippen molar-refractivity contribution in [2.45, 2.75) is 19.3 Å². The third-order valence-corrected chi connectivity index (χ3v) is 4.49. The van der Waals surface area contributed by atoms with E-state index in [-0.39, 0.29) is 18.9 Å². The van der Waals surface area contributed by atoms with E-state index in [9.17, 15) is 9.59 Å². The largest absolute Gasteiger partial charge is 0.455 e. The Morgan fingerprint density at radius 1 is 1.07 bits per heavy atom. The van der Waals surface area contributed by atoms with E-state index in [1.165, 1.54) is 12.8 Å². The molecule has 1 aliphatic rings. The number of esters is 1. The fourth-order valence-corrected chi connectivity index (χ4v) is 3.10. The summed E-state index contributed by atoms with van der Waals surface area (Å²) in [5.74, 6) is 1.67. The molecule has 1 amide bonds. The Morgan fingerprint density at radius 2 is 1.78 bits per heavy atom. The molecule has 27 heavy (non-hydrogen) atoms. The van der Waals surface area contributed by atoms with Crippen molar-refractivity contribution in [2.24, 2.45) is 0 Å². The van der Waals surface area contributed by atoms with Gasteiger partial charge in [0.25, 0.3) is 5.91 Å². The molecule has 5 heteroatoms. The Morgan fingerprint density at radius 3 is 2.48 bits per heavy atom. The minimum Gasteiger partial charge on any atom is -0.455 e. The summed E-state index contributed by atoms with van der Waals surface area (Å²) in [6, 6.07) is 14.9. The summed E-state index contributed by atoms with van der Waals surface area (Å²) in [5.41, 5.74) is 3.20. The number of nitrogens with zero attached hydrogens (tertiary/aromatic N) is 1. The normalized spacial score (nSPS) is 13.1. The molecule has 2 aromatic rings. The van der Waals surface area contributed by atoms with Gasteiger partial charge in [-0.25, -0.2) is 0 Å². The number of terminal acetylenes is 1. The first kappa shape index (κ1) is 18.5. The lowest BCUT2D eigenvalue weighted by atomic mass is 10.1. The first-order valence-electron chi connectivity index (χ1n) is 9.01. The minimum absolute atomic E-state index is 0.0399. The summed E-state index contributed by atoms with van der Waals surface area (Å²) < 4.78 is 5.06. The molecule has 1 aliphatic heterocycles. The zero-order valence-corrected chi connectivity index (χ0v) is 15.1. The van der Waals surface area contributed by atoms with Crippen molar-refractivity contribution in [1.29, 1.82) is 0 Å². The number of anilines is 2. The average Bonchev–Trinajstić information content (AvgIpc) is 3.22. The van der Waals surface area contributed by atoms with E-state index >= 15 is 0 Å². The summed E-state index contributed by atoms with van der Waals surface area (Å²) in [7, 11) is 0. The van der Waals surface area contributed by atoms with Crippen molar-refractivity contribution >= 4 is 23.3 Å². The average molecular weight is 362 g/mol. The molecule has 0 unspecified atom stereocenters. The van der Waals surface area contributed by atoms with Crippen molar-refractivity contribution in [1.82, 2.24) is 0 Å². The number of rotatable bonds is 6. The van der Waals surface area contributed by atoms with Crippen molar-refractivity contribution in [3.8, 4) is 12.3 Å². The zero-order valence-electron chi connectivity index (χ0n) is 15.1. The fraction of sp³-hybridized carbons (Fsp3) is 0.273. The molecule has 5 nitrogen and oxygen atoms in total. The van der Waals surface area contributed by atoms with Crippen LogP contribution >= 0.6 is 0 Å². The molecule has 0 radical (unpaired) electrons. The topological polar surface area (TPSA) is 58.6 Å². The molecule has 0 saturated carbocycles. The highest BCUT2D eigenvalue weighted by molar-refractivity contribution is 5.93. The first-order valence-corrected chi connectivity index (χ1v) is 9.01. The molecule has 3 rings (SSSR count). The smallest absolute Gasteiger partial charge is 0.310 e. The molecular weight excluding hydrogens is 340 g/mol. The Labute approximate surface area is 159 Å². The van der Waals surface area contributed by atoms with Crippen LogP contribution in [0, 0.1) is 12.3 Å². The summed E-state index contributed by atoms with van der Waals surface area (Å²) in [4.78, 5) is 26.3. The van der Waals surface area contributed by atoms with E-state index in [1.807, 2.05) is 36.4 Å². The molecule has 0 spiro atoms. The van der Waals surface area contributed by atoms with Crippen molar-refractivity contribution < 1.29 is 14.3 Å². The van der Waals surface area contributed by atoms with Gasteiger partial charge in [-0.1, -0.05) is 24.1 Å². The van der Waals surface area contributed by atoms with E-state index in [4.69, 9.17) is 11.2 Å². The van der Waals surface area contributed by atoms with Crippen LogP contribution in [-0.4, -0.2) is 31.6 Å². The molecule has 0 bridgehead atoms. The quantitative estimate of drug-likeness (QED) is 0.634. The van der Waals surface area contributed by atoms with Gasteiger partial charge < -0.3 is 15.0 Å². The van der Waals surface area contributed by atoms with Gasteiger partial charge in [0.15, 0.2) is 6.61 Å². The van der Waals surface area contributed by atoms with E-state index in [2.05, 4.69) is 16.1 Å². The van der Waals surface area contributed by atoms with E-state index in [0.717, 1.165) is 18.8 Å². The Hall–Kier alpha value is -3.26. The summed E-state index contributed by atoms with van der Waals surface area (Å²) in [6.07, 6.45) is 7.89.